The highest BCUT2D eigenvalue weighted by molar-refractivity contribution is 6.10. The molecule has 1 heterocycles. The smallest absolute Gasteiger partial charge is 0.329 e. The first-order valence-corrected chi connectivity index (χ1v) is 8.06. The molecule has 0 radical (unpaired) electrons. The normalized spacial score (nSPS) is 17.4. The van der Waals surface area contributed by atoms with E-state index < -0.39 is 23.6 Å². The second-order valence-corrected chi connectivity index (χ2v) is 6.33. The van der Waals surface area contributed by atoms with E-state index in [2.05, 4.69) is 17.1 Å². The molecule has 0 N–H and O–H groups in total. The molecule has 25 heavy (non-hydrogen) atoms. The van der Waals surface area contributed by atoms with Gasteiger partial charge in [-0.2, -0.15) is 0 Å². The van der Waals surface area contributed by atoms with Gasteiger partial charge in [-0.25, -0.2) is 0 Å². The molecule has 128 valence electrons. The summed E-state index contributed by atoms with van der Waals surface area (Å²) < 4.78 is 10.1. The number of hydrogen-bond donors (Lipinski definition) is 0. The van der Waals surface area contributed by atoms with E-state index in [1.165, 1.54) is 25.6 Å². The lowest BCUT2D eigenvalue weighted by molar-refractivity contribution is -0.235. The van der Waals surface area contributed by atoms with Crippen LogP contribution in [-0.4, -0.2) is 23.9 Å². The Hall–Kier alpha value is -2.95. The number of nitrogens with zero attached hydrogens (tertiary/aromatic N) is 1. The van der Waals surface area contributed by atoms with Crippen molar-refractivity contribution in [2.24, 2.45) is 10.9 Å². The maximum Gasteiger partial charge on any atom is 0.329 e. The summed E-state index contributed by atoms with van der Waals surface area (Å²) in [6.45, 7) is 3.03. The van der Waals surface area contributed by atoms with Gasteiger partial charge in [0.1, 0.15) is 0 Å². The first-order valence-electron chi connectivity index (χ1n) is 8.06. The minimum absolute atomic E-state index is 0.648. The zero-order valence-corrected chi connectivity index (χ0v) is 14.1. The maximum atomic E-state index is 11.9. The second-order valence-electron chi connectivity index (χ2n) is 6.33. The van der Waals surface area contributed by atoms with Crippen LogP contribution in [0.25, 0.3) is 0 Å². The Labute approximate surface area is 146 Å². The quantitative estimate of drug-likeness (QED) is 0.487. The van der Waals surface area contributed by atoms with Crippen molar-refractivity contribution in [3.05, 3.63) is 65.7 Å². The van der Waals surface area contributed by atoms with E-state index in [9.17, 15) is 9.59 Å². The molecule has 2 aromatic rings. The zero-order chi connectivity index (χ0) is 17.9. The molecule has 1 aliphatic rings. The van der Waals surface area contributed by atoms with Crippen molar-refractivity contribution in [3.8, 4) is 0 Å². The topological polar surface area (TPSA) is 65.0 Å². The van der Waals surface area contributed by atoms with Gasteiger partial charge >= 0.3 is 11.9 Å². The third kappa shape index (κ3) is 4.32. The Kier molecular flexibility index (Phi) is 4.65. The number of carbonyl (C=O) groups is 2. The summed E-state index contributed by atoms with van der Waals surface area (Å²) in [5.41, 5.74) is 2.96. The molecular weight excluding hydrogens is 318 g/mol. The molecule has 0 aromatic heterocycles. The highest BCUT2D eigenvalue weighted by Crippen LogP contribution is 2.23. The number of esters is 2. The van der Waals surface area contributed by atoms with E-state index >= 15 is 0 Å². The number of hydrogen-bond acceptors (Lipinski definition) is 5. The lowest BCUT2D eigenvalue weighted by Crippen LogP contribution is -2.46. The molecule has 2 aromatic carbocycles. The molecule has 0 spiro atoms. The molecular formula is C20H19NO4. The number of rotatable bonds is 4. The summed E-state index contributed by atoms with van der Waals surface area (Å²) in [7, 11) is 0. The van der Waals surface area contributed by atoms with Crippen LogP contribution in [0, 0.1) is 5.92 Å². The van der Waals surface area contributed by atoms with Crippen LogP contribution in [0.5, 0.6) is 0 Å². The van der Waals surface area contributed by atoms with Gasteiger partial charge in [0.05, 0.1) is 5.69 Å². The van der Waals surface area contributed by atoms with Gasteiger partial charge in [0.15, 0.2) is 5.92 Å². The van der Waals surface area contributed by atoms with E-state index in [-0.39, 0.29) is 0 Å². The molecule has 0 unspecified atom stereocenters. The summed E-state index contributed by atoms with van der Waals surface area (Å²) in [4.78, 5) is 28.1. The molecule has 3 rings (SSSR count). The average molecular weight is 337 g/mol. The Balaban J connectivity index is 1.73. The molecule has 1 saturated heterocycles. The third-order valence-corrected chi connectivity index (χ3v) is 3.73. The van der Waals surface area contributed by atoms with Crippen LogP contribution >= 0.6 is 0 Å². The molecule has 0 aliphatic carbocycles. The fraction of sp³-hybridized carbons (Fsp3) is 0.250. The van der Waals surface area contributed by atoms with Crippen molar-refractivity contribution >= 4 is 23.8 Å². The van der Waals surface area contributed by atoms with Crippen molar-refractivity contribution in [2.45, 2.75) is 26.1 Å². The van der Waals surface area contributed by atoms with Gasteiger partial charge in [0, 0.05) is 20.1 Å². The minimum atomic E-state index is -1.23. The van der Waals surface area contributed by atoms with Crippen LogP contribution in [0.2, 0.25) is 0 Å². The molecule has 1 aliphatic heterocycles. The first kappa shape index (κ1) is 16.9. The van der Waals surface area contributed by atoms with Crippen molar-refractivity contribution in [1.82, 2.24) is 0 Å². The lowest BCUT2D eigenvalue weighted by Gasteiger charge is -2.31. The molecule has 0 bridgehead atoms. The lowest BCUT2D eigenvalue weighted by atomic mass is 10.0. The highest BCUT2D eigenvalue weighted by atomic mass is 16.7. The predicted octanol–water partition coefficient (Wildman–Crippen LogP) is 3.43. The van der Waals surface area contributed by atoms with Gasteiger partial charge in [-0.05, 0) is 29.7 Å². The van der Waals surface area contributed by atoms with Gasteiger partial charge in [-0.15, -0.1) is 0 Å². The Bertz CT molecular complexity index is 791. The summed E-state index contributed by atoms with van der Waals surface area (Å²) >= 11 is 0. The monoisotopic (exact) mass is 337 g/mol. The Morgan fingerprint density at radius 1 is 0.960 bits per heavy atom. The molecule has 0 saturated carbocycles. The number of ether oxygens (including phenoxy) is 2. The summed E-state index contributed by atoms with van der Waals surface area (Å²) in [5, 5.41) is 0. The van der Waals surface area contributed by atoms with E-state index in [1.807, 2.05) is 42.5 Å². The maximum absolute atomic E-state index is 11.9. The molecule has 5 heteroatoms. The van der Waals surface area contributed by atoms with Crippen LogP contribution in [-0.2, 0) is 25.5 Å². The average Bonchev–Trinajstić information content (AvgIpc) is 2.54. The fourth-order valence-corrected chi connectivity index (χ4v) is 2.59. The van der Waals surface area contributed by atoms with E-state index in [1.54, 1.807) is 0 Å². The standard InChI is InChI=1S/C20H19NO4/c1-20(2)24-18(22)17(19(23)25-20)13-21-16-10-6-9-15(12-16)11-14-7-4-3-5-8-14/h3-10,12-13,17H,11H2,1-2H3. The van der Waals surface area contributed by atoms with Crippen molar-refractivity contribution in [2.75, 3.05) is 0 Å². The van der Waals surface area contributed by atoms with Gasteiger partial charge in [0.25, 0.3) is 5.79 Å². The summed E-state index contributed by atoms with van der Waals surface area (Å²) in [6, 6.07) is 17.7. The van der Waals surface area contributed by atoms with Gasteiger partial charge < -0.3 is 9.47 Å². The van der Waals surface area contributed by atoms with Gasteiger partial charge in [0.2, 0.25) is 0 Å². The molecule has 5 nitrogen and oxygen atoms in total. The molecule has 0 atom stereocenters. The van der Waals surface area contributed by atoms with E-state index in [0.717, 1.165) is 12.0 Å². The Morgan fingerprint density at radius 2 is 1.60 bits per heavy atom. The third-order valence-electron chi connectivity index (χ3n) is 3.73. The largest absolute Gasteiger partial charge is 0.422 e. The first-order chi connectivity index (χ1) is 11.9. The molecule has 0 amide bonds. The number of carbonyl (C=O) groups excluding carboxylic acids is 2. The molecule has 1 fully saturated rings. The van der Waals surface area contributed by atoms with Crippen LogP contribution < -0.4 is 0 Å². The van der Waals surface area contributed by atoms with Crippen LogP contribution in [0.15, 0.2) is 59.6 Å². The van der Waals surface area contributed by atoms with Crippen LogP contribution in [0.1, 0.15) is 25.0 Å². The summed E-state index contributed by atoms with van der Waals surface area (Å²) in [6.07, 6.45) is 2.06. The van der Waals surface area contributed by atoms with Crippen molar-refractivity contribution < 1.29 is 19.1 Å². The van der Waals surface area contributed by atoms with Crippen molar-refractivity contribution in [1.29, 1.82) is 0 Å². The van der Waals surface area contributed by atoms with E-state index in [0.29, 0.717) is 5.69 Å². The minimum Gasteiger partial charge on any atom is -0.422 e. The Morgan fingerprint density at radius 3 is 2.28 bits per heavy atom. The van der Waals surface area contributed by atoms with Crippen molar-refractivity contribution in [3.63, 3.8) is 0 Å². The zero-order valence-electron chi connectivity index (χ0n) is 14.1. The van der Waals surface area contributed by atoms with Crippen LogP contribution in [0.3, 0.4) is 0 Å². The van der Waals surface area contributed by atoms with Gasteiger partial charge in [-0.3, -0.25) is 14.6 Å². The SMILES string of the molecule is CC1(C)OC(=O)C(C=Nc2cccc(Cc3ccccc3)c2)C(=O)O1. The predicted molar refractivity (Wildman–Crippen MR) is 93.6 cm³/mol. The number of benzene rings is 2. The fourth-order valence-electron chi connectivity index (χ4n) is 2.59. The van der Waals surface area contributed by atoms with E-state index in [4.69, 9.17) is 9.47 Å². The number of aliphatic imine (C=N–C) groups is 1. The summed E-state index contributed by atoms with van der Waals surface area (Å²) in [5.74, 6) is -3.66. The van der Waals surface area contributed by atoms with Crippen LogP contribution in [0.4, 0.5) is 5.69 Å². The second kappa shape index (κ2) is 6.89. The van der Waals surface area contributed by atoms with Gasteiger partial charge in [-0.1, -0.05) is 42.5 Å². The number of cyclic esters (lactones) is 2. The highest BCUT2D eigenvalue weighted by Gasteiger charge is 2.42.